The molecule has 0 bridgehead atoms. The van der Waals surface area contributed by atoms with E-state index in [4.69, 9.17) is 5.11 Å². The first-order valence-corrected chi connectivity index (χ1v) is 14.4. The zero-order valence-corrected chi connectivity index (χ0v) is 24.5. The Kier molecular flexibility index (Phi) is 11.7. The van der Waals surface area contributed by atoms with Crippen molar-refractivity contribution in [3.05, 3.63) is 89.0 Å². The molecule has 3 aromatic carbocycles. The van der Waals surface area contributed by atoms with Crippen LogP contribution in [0.25, 0.3) is 11.1 Å². The Balaban J connectivity index is 1.54. The molecular weight excluding hydrogens is 530 g/mol. The van der Waals surface area contributed by atoms with Crippen molar-refractivity contribution in [2.75, 3.05) is 20.1 Å². The van der Waals surface area contributed by atoms with Gasteiger partial charge >= 0.3 is 5.97 Å². The van der Waals surface area contributed by atoms with E-state index in [1.54, 1.807) is 6.07 Å². The number of aliphatic carboxylic acids is 1. The van der Waals surface area contributed by atoms with Crippen molar-refractivity contribution < 1.29 is 23.8 Å². The van der Waals surface area contributed by atoms with Gasteiger partial charge in [-0.1, -0.05) is 36.4 Å². The van der Waals surface area contributed by atoms with Crippen molar-refractivity contribution in [3.8, 4) is 11.1 Å². The zero-order valence-electron chi connectivity index (χ0n) is 23.7. The van der Waals surface area contributed by atoms with Gasteiger partial charge in [-0.2, -0.15) is 0 Å². The predicted molar refractivity (Wildman–Crippen MR) is 158 cm³/mol. The fraction of sp³-hybridized carbons (Fsp3) is 0.406. The molecule has 40 heavy (non-hydrogen) atoms. The van der Waals surface area contributed by atoms with E-state index in [9.17, 15) is 18.7 Å². The highest BCUT2D eigenvalue weighted by Gasteiger charge is 2.20. The van der Waals surface area contributed by atoms with Gasteiger partial charge in [0.25, 0.3) is 0 Å². The monoisotopic (exact) mass is 570 g/mol. The Morgan fingerprint density at radius 2 is 1.80 bits per heavy atom. The molecule has 3 rings (SSSR count). The standard InChI is InChI=1S/C32H40F2N2O3S/c1-22-17-27(13-14-28(22)31-24(12-15-30(38)39)18-25(33)19-29(31)34)40-36(4)21-26(37)20-35-32(2,3)16-8-11-23-9-6-5-7-10-23/h5-7,9-10,13-14,17-19,26,35,37H,8,11-12,15-16,20-21H2,1-4H3,(H,38,39). The molecule has 0 heterocycles. The summed E-state index contributed by atoms with van der Waals surface area (Å²) in [5.41, 5.74) is 3.20. The van der Waals surface area contributed by atoms with Crippen LogP contribution in [0.5, 0.6) is 0 Å². The van der Waals surface area contributed by atoms with E-state index in [2.05, 4.69) is 43.4 Å². The Morgan fingerprint density at radius 1 is 1.07 bits per heavy atom. The third-order valence-electron chi connectivity index (χ3n) is 6.87. The number of carboxylic acid groups (broad SMARTS) is 1. The summed E-state index contributed by atoms with van der Waals surface area (Å²) in [4.78, 5) is 12.0. The van der Waals surface area contributed by atoms with Crippen LogP contribution in [0.2, 0.25) is 0 Å². The molecule has 3 aromatic rings. The van der Waals surface area contributed by atoms with E-state index in [-0.39, 0.29) is 23.9 Å². The second-order valence-electron chi connectivity index (χ2n) is 11.0. The number of carbonyl (C=O) groups is 1. The van der Waals surface area contributed by atoms with E-state index in [1.807, 2.05) is 36.5 Å². The highest BCUT2D eigenvalue weighted by atomic mass is 32.2. The molecule has 216 valence electrons. The second-order valence-corrected chi connectivity index (χ2v) is 12.2. The molecule has 3 N–H and O–H groups in total. The van der Waals surface area contributed by atoms with Crippen LogP contribution in [0.15, 0.2) is 65.6 Å². The predicted octanol–water partition coefficient (Wildman–Crippen LogP) is 6.65. The van der Waals surface area contributed by atoms with Gasteiger partial charge in [0.2, 0.25) is 0 Å². The molecule has 1 unspecified atom stereocenters. The first-order valence-electron chi connectivity index (χ1n) is 13.6. The minimum absolute atomic E-state index is 0.0355. The third-order valence-corrected chi connectivity index (χ3v) is 7.79. The molecule has 0 aromatic heterocycles. The summed E-state index contributed by atoms with van der Waals surface area (Å²) in [6.45, 7) is 7.09. The van der Waals surface area contributed by atoms with Gasteiger partial charge in [0.05, 0.1) is 6.10 Å². The molecule has 0 fully saturated rings. The number of nitrogens with one attached hydrogen (secondary N) is 1. The maximum atomic E-state index is 14.8. The molecule has 0 aliphatic carbocycles. The Labute approximate surface area is 240 Å². The highest BCUT2D eigenvalue weighted by Crippen LogP contribution is 2.34. The molecule has 0 spiro atoms. The summed E-state index contributed by atoms with van der Waals surface area (Å²) in [7, 11) is 1.91. The molecule has 0 aliphatic heterocycles. The topological polar surface area (TPSA) is 72.8 Å². The van der Waals surface area contributed by atoms with Crippen LogP contribution in [-0.4, -0.2) is 52.3 Å². The molecule has 0 saturated heterocycles. The lowest BCUT2D eigenvalue weighted by atomic mass is 9.93. The number of likely N-dealkylation sites (N-methyl/N-ethyl adjacent to an activating group) is 1. The lowest BCUT2D eigenvalue weighted by Gasteiger charge is -2.29. The normalized spacial score (nSPS) is 12.6. The summed E-state index contributed by atoms with van der Waals surface area (Å²) in [5, 5.41) is 23.2. The summed E-state index contributed by atoms with van der Waals surface area (Å²) in [5.74, 6) is -2.46. The van der Waals surface area contributed by atoms with Crippen LogP contribution < -0.4 is 5.32 Å². The number of nitrogens with zero attached hydrogens (tertiary/aromatic N) is 1. The average Bonchev–Trinajstić information content (AvgIpc) is 2.87. The summed E-state index contributed by atoms with van der Waals surface area (Å²) in [6, 6.07) is 18.0. The van der Waals surface area contributed by atoms with Crippen LogP contribution in [0, 0.1) is 18.6 Å². The van der Waals surface area contributed by atoms with Gasteiger partial charge in [-0.05, 0) is 106 Å². The highest BCUT2D eigenvalue weighted by molar-refractivity contribution is 7.97. The number of benzene rings is 3. The molecule has 0 amide bonds. The Bertz CT molecular complexity index is 1270. The van der Waals surface area contributed by atoms with Crippen LogP contribution >= 0.6 is 11.9 Å². The molecule has 0 saturated carbocycles. The largest absolute Gasteiger partial charge is 0.481 e. The number of aliphatic hydroxyl groups excluding tert-OH is 1. The number of rotatable bonds is 15. The quantitative estimate of drug-likeness (QED) is 0.178. The van der Waals surface area contributed by atoms with Crippen molar-refractivity contribution in [1.29, 1.82) is 0 Å². The molecular formula is C32H40F2N2O3S. The number of hydrogen-bond acceptors (Lipinski definition) is 5. The Morgan fingerprint density at radius 3 is 2.48 bits per heavy atom. The van der Waals surface area contributed by atoms with Gasteiger partial charge < -0.3 is 15.5 Å². The van der Waals surface area contributed by atoms with Crippen LogP contribution in [0.1, 0.15) is 49.8 Å². The van der Waals surface area contributed by atoms with Crippen molar-refractivity contribution in [2.45, 2.75) is 69.4 Å². The van der Waals surface area contributed by atoms with Crippen molar-refractivity contribution in [3.63, 3.8) is 0 Å². The lowest BCUT2D eigenvalue weighted by molar-refractivity contribution is -0.136. The molecule has 0 aliphatic rings. The molecule has 0 radical (unpaired) electrons. The fourth-order valence-electron chi connectivity index (χ4n) is 4.78. The second kappa shape index (κ2) is 14.7. The summed E-state index contributed by atoms with van der Waals surface area (Å²) in [6.07, 6.45) is 2.36. The first kappa shape index (κ1) is 31.7. The maximum Gasteiger partial charge on any atom is 0.303 e. The minimum Gasteiger partial charge on any atom is -0.481 e. The van der Waals surface area contributed by atoms with Gasteiger partial charge in [-0.15, -0.1) is 0 Å². The summed E-state index contributed by atoms with van der Waals surface area (Å²) >= 11 is 1.47. The molecule has 1 atom stereocenters. The summed E-state index contributed by atoms with van der Waals surface area (Å²) < 4.78 is 30.7. The van der Waals surface area contributed by atoms with Crippen molar-refractivity contribution >= 4 is 17.9 Å². The minimum atomic E-state index is -1.02. The molecule has 5 nitrogen and oxygen atoms in total. The fourth-order valence-corrected chi connectivity index (χ4v) is 5.75. The van der Waals surface area contributed by atoms with Gasteiger partial charge in [-0.3, -0.25) is 4.79 Å². The van der Waals surface area contributed by atoms with E-state index in [1.165, 1.54) is 23.6 Å². The zero-order chi connectivity index (χ0) is 29.3. The van der Waals surface area contributed by atoms with Gasteiger partial charge in [-0.25, -0.2) is 13.1 Å². The third kappa shape index (κ3) is 10.0. The van der Waals surface area contributed by atoms with Crippen LogP contribution in [-0.2, 0) is 17.6 Å². The first-order chi connectivity index (χ1) is 18.9. The van der Waals surface area contributed by atoms with E-state index < -0.39 is 23.7 Å². The van der Waals surface area contributed by atoms with E-state index in [0.29, 0.717) is 24.2 Å². The SMILES string of the molecule is Cc1cc(SN(C)CC(O)CNC(C)(C)CCCc2ccccc2)ccc1-c1c(F)cc(F)cc1CCC(=O)O. The number of β-amino-alcohol motifs (C(OH)–C–C–N with tert-alkyl or cyclic N) is 1. The number of hydrogen-bond donors (Lipinski definition) is 3. The number of carboxylic acids is 1. The van der Waals surface area contributed by atoms with Crippen molar-refractivity contribution in [1.82, 2.24) is 9.62 Å². The van der Waals surface area contributed by atoms with E-state index in [0.717, 1.165) is 35.8 Å². The van der Waals surface area contributed by atoms with Gasteiger partial charge in [0.1, 0.15) is 11.6 Å². The number of halogens is 2. The lowest BCUT2D eigenvalue weighted by Crippen LogP contribution is -2.45. The van der Waals surface area contributed by atoms with Crippen LogP contribution in [0.4, 0.5) is 8.78 Å². The van der Waals surface area contributed by atoms with E-state index >= 15 is 0 Å². The van der Waals surface area contributed by atoms with Crippen LogP contribution in [0.3, 0.4) is 0 Å². The van der Waals surface area contributed by atoms with Crippen molar-refractivity contribution in [2.24, 2.45) is 0 Å². The Hall–Kier alpha value is -2.78. The molecule has 8 heteroatoms. The van der Waals surface area contributed by atoms with Gasteiger partial charge in [0, 0.05) is 41.6 Å². The number of aryl methyl sites for hydroxylation is 3. The average molecular weight is 571 g/mol. The smallest absolute Gasteiger partial charge is 0.303 e. The maximum absolute atomic E-state index is 14.8. The van der Waals surface area contributed by atoms with Gasteiger partial charge in [0.15, 0.2) is 0 Å². The number of aliphatic hydroxyl groups is 1.